The maximum Gasteiger partial charge on any atom is 0.264 e. The van der Waals surface area contributed by atoms with E-state index in [4.69, 9.17) is 4.74 Å². The first-order valence-corrected chi connectivity index (χ1v) is 11.3. The number of amidine groups is 1. The van der Waals surface area contributed by atoms with E-state index in [-0.39, 0.29) is 11.7 Å². The molecule has 3 rings (SSSR count). The Balaban J connectivity index is 1.50. The van der Waals surface area contributed by atoms with Crippen LogP contribution >= 0.6 is 11.8 Å². The van der Waals surface area contributed by atoms with Crippen molar-refractivity contribution in [3.63, 3.8) is 0 Å². The third-order valence-electron chi connectivity index (χ3n) is 4.68. The molecule has 1 aliphatic rings. The largest absolute Gasteiger partial charge is 0.508 e. The Bertz CT molecular complexity index is 890. The minimum atomic E-state index is -0.166. The number of carbonyl (C=O) groups is 1. The number of nitrogens with one attached hydrogen (secondary N) is 1. The first kappa shape index (κ1) is 22.0. The third-order valence-corrected chi connectivity index (χ3v) is 5.59. The fourth-order valence-electron chi connectivity index (χ4n) is 3.01. The van der Waals surface area contributed by atoms with Gasteiger partial charge in [-0.2, -0.15) is 0 Å². The molecule has 1 aliphatic heterocycles. The van der Waals surface area contributed by atoms with Gasteiger partial charge in [0.2, 0.25) is 0 Å². The Morgan fingerprint density at radius 2 is 1.70 bits per heavy atom. The average molecular weight is 425 g/mol. The van der Waals surface area contributed by atoms with E-state index in [2.05, 4.69) is 17.2 Å². The summed E-state index contributed by atoms with van der Waals surface area (Å²) in [4.78, 5) is 17.2. The van der Waals surface area contributed by atoms with E-state index >= 15 is 0 Å². The Kier molecular flexibility index (Phi) is 8.39. The highest BCUT2D eigenvalue weighted by Crippen LogP contribution is 2.29. The zero-order valence-corrected chi connectivity index (χ0v) is 18.1. The van der Waals surface area contributed by atoms with Crippen LogP contribution in [0.3, 0.4) is 0 Å². The molecule has 0 aliphatic carbocycles. The number of nitrogens with zero attached hydrogens (tertiary/aromatic N) is 1. The van der Waals surface area contributed by atoms with Crippen molar-refractivity contribution in [2.24, 2.45) is 4.99 Å². The molecular formula is C24H28N2O3S. The van der Waals surface area contributed by atoms with Gasteiger partial charge in [0.1, 0.15) is 11.5 Å². The summed E-state index contributed by atoms with van der Waals surface area (Å²) in [5, 5.41) is 12.6. The van der Waals surface area contributed by atoms with E-state index < -0.39 is 0 Å². The Labute approximate surface area is 182 Å². The molecule has 30 heavy (non-hydrogen) atoms. The number of ether oxygens (including phenoxy) is 1. The van der Waals surface area contributed by atoms with Gasteiger partial charge in [-0.1, -0.05) is 51.2 Å². The van der Waals surface area contributed by atoms with Gasteiger partial charge >= 0.3 is 0 Å². The van der Waals surface area contributed by atoms with Crippen LogP contribution in [-0.4, -0.2) is 22.8 Å². The second-order valence-corrected chi connectivity index (χ2v) is 8.21. The topological polar surface area (TPSA) is 70.9 Å². The van der Waals surface area contributed by atoms with Gasteiger partial charge in [0.05, 0.1) is 17.2 Å². The molecule has 2 aromatic rings. The van der Waals surface area contributed by atoms with Crippen LogP contribution in [-0.2, 0) is 4.79 Å². The lowest BCUT2D eigenvalue weighted by molar-refractivity contribution is -0.115. The van der Waals surface area contributed by atoms with Crippen LogP contribution in [0.5, 0.6) is 11.5 Å². The van der Waals surface area contributed by atoms with Gasteiger partial charge < -0.3 is 15.2 Å². The number of benzene rings is 2. The monoisotopic (exact) mass is 424 g/mol. The number of carbonyl (C=O) groups excluding carboxylic acids is 1. The van der Waals surface area contributed by atoms with Crippen LogP contribution < -0.4 is 10.1 Å². The fourth-order valence-corrected chi connectivity index (χ4v) is 3.85. The number of aromatic hydroxyl groups is 1. The Morgan fingerprint density at radius 3 is 2.43 bits per heavy atom. The van der Waals surface area contributed by atoms with Crippen molar-refractivity contribution in [3.8, 4) is 11.5 Å². The minimum Gasteiger partial charge on any atom is -0.508 e. The molecule has 1 heterocycles. The first-order chi connectivity index (χ1) is 14.6. The summed E-state index contributed by atoms with van der Waals surface area (Å²) in [6.45, 7) is 2.97. The van der Waals surface area contributed by atoms with Crippen molar-refractivity contribution < 1.29 is 14.6 Å². The lowest BCUT2D eigenvalue weighted by Gasteiger charge is -2.06. The molecule has 6 heteroatoms. The number of unbranched alkanes of at least 4 members (excludes halogenated alkanes) is 5. The molecule has 0 aromatic heterocycles. The molecule has 1 saturated heterocycles. The highest BCUT2D eigenvalue weighted by molar-refractivity contribution is 8.18. The van der Waals surface area contributed by atoms with Crippen LogP contribution in [0.4, 0.5) is 5.69 Å². The molecule has 1 amide bonds. The van der Waals surface area contributed by atoms with E-state index in [1.807, 2.05) is 30.3 Å². The van der Waals surface area contributed by atoms with E-state index in [1.54, 1.807) is 24.3 Å². The van der Waals surface area contributed by atoms with Crippen molar-refractivity contribution in [3.05, 3.63) is 59.0 Å². The lowest BCUT2D eigenvalue weighted by Crippen LogP contribution is -2.19. The maximum atomic E-state index is 12.2. The van der Waals surface area contributed by atoms with Crippen molar-refractivity contribution in [1.29, 1.82) is 0 Å². The quantitative estimate of drug-likeness (QED) is 0.361. The molecule has 0 bridgehead atoms. The lowest BCUT2D eigenvalue weighted by atomic mass is 10.1. The molecular weight excluding hydrogens is 396 g/mol. The molecule has 0 unspecified atom stereocenters. The van der Waals surface area contributed by atoms with E-state index in [0.717, 1.165) is 24.3 Å². The Morgan fingerprint density at radius 1 is 1.00 bits per heavy atom. The number of thioether (sulfide) groups is 1. The summed E-state index contributed by atoms with van der Waals surface area (Å²) >= 11 is 1.30. The number of amides is 1. The van der Waals surface area contributed by atoms with Gasteiger partial charge in [0.15, 0.2) is 5.17 Å². The predicted molar refractivity (Wildman–Crippen MR) is 124 cm³/mol. The summed E-state index contributed by atoms with van der Waals surface area (Å²) in [5.74, 6) is 0.867. The molecule has 158 valence electrons. The normalized spacial score (nSPS) is 16.2. The first-order valence-electron chi connectivity index (χ1n) is 10.5. The standard InChI is InChI=1S/C24H28N2O3S/c1-2-3-4-5-6-7-16-29-21-14-8-18(9-15-21)17-22-23(28)26-24(30-22)25-19-10-12-20(27)13-11-19/h8-15,17,27H,2-7,16H2,1H3,(H,25,26,28). The number of phenolic OH excluding ortho intramolecular Hbond substituents is 1. The molecule has 0 radical (unpaired) electrons. The molecule has 2 N–H and O–H groups in total. The molecule has 0 spiro atoms. The molecule has 0 saturated carbocycles. The Hall–Kier alpha value is -2.73. The zero-order chi connectivity index (χ0) is 21.2. The SMILES string of the molecule is CCCCCCCCOc1ccc(C=C2SC(=Nc3ccc(O)cc3)NC2=O)cc1. The number of phenols is 1. The van der Waals surface area contributed by atoms with Crippen molar-refractivity contribution in [2.75, 3.05) is 6.61 Å². The van der Waals surface area contributed by atoms with E-state index in [0.29, 0.717) is 15.8 Å². The van der Waals surface area contributed by atoms with Gasteiger partial charge in [-0.05, 0) is 66.2 Å². The highest BCUT2D eigenvalue weighted by atomic mass is 32.2. The third kappa shape index (κ3) is 6.95. The smallest absolute Gasteiger partial charge is 0.264 e. The van der Waals surface area contributed by atoms with Gasteiger partial charge in [0, 0.05) is 0 Å². The van der Waals surface area contributed by atoms with Crippen LogP contribution in [0.1, 0.15) is 51.0 Å². The van der Waals surface area contributed by atoms with Gasteiger partial charge in [0.25, 0.3) is 5.91 Å². The molecule has 0 atom stereocenters. The molecule has 1 fully saturated rings. The number of aliphatic imine (C=N–C) groups is 1. The van der Waals surface area contributed by atoms with Gasteiger partial charge in [-0.25, -0.2) is 4.99 Å². The summed E-state index contributed by atoms with van der Waals surface area (Å²) in [6, 6.07) is 14.3. The summed E-state index contributed by atoms with van der Waals surface area (Å²) < 4.78 is 5.81. The van der Waals surface area contributed by atoms with E-state index in [9.17, 15) is 9.90 Å². The van der Waals surface area contributed by atoms with Crippen LogP contribution in [0, 0.1) is 0 Å². The second-order valence-electron chi connectivity index (χ2n) is 7.18. The number of hydrogen-bond donors (Lipinski definition) is 2. The van der Waals surface area contributed by atoms with E-state index in [1.165, 1.54) is 43.9 Å². The van der Waals surface area contributed by atoms with Crippen LogP contribution in [0.15, 0.2) is 58.4 Å². The van der Waals surface area contributed by atoms with Crippen molar-refractivity contribution >= 4 is 34.6 Å². The molecule has 5 nitrogen and oxygen atoms in total. The van der Waals surface area contributed by atoms with Crippen molar-refractivity contribution in [2.45, 2.75) is 45.4 Å². The number of rotatable bonds is 10. The van der Waals surface area contributed by atoms with Gasteiger partial charge in [-0.15, -0.1) is 0 Å². The second kappa shape index (κ2) is 11.5. The molecule has 2 aromatic carbocycles. The maximum absolute atomic E-state index is 12.2. The minimum absolute atomic E-state index is 0.166. The summed E-state index contributed by atoms with van der Waals surface area (Å²) in [7, 11) is 0. The van der Waals surface area contributed by atoms with Crippen LogP contribution in [0.25, 0.3) is 6.08 Å². The zero-order valence-electron chi connectivity index (χ0n) is 17.3. The fraction of sp³-hybridized carbons (Fsp3) is 0.333. The van der Waals surface area contributed by atoms with Crippen molar-refractivity contribution in [1.82, 2.24) is 5.32 Å². The summed E-state index contributed by atoms with van der Waals surface area (Å²) in [5.41, 5.74) is 1.61. The van der Waals surface area contributed by atoms with Crippen LogP contribution in [0.2, 0.25) is 0 Å². The highest BCUT2D eigenvalue weighted by Gasteiger charge is 2.23. The summed E-state index contributed by atoms with van der Waals surface area (Å²) in [6.07, 6.45) is 9.31. The average Bonchev–Trinajstić information content (AvgIpc) is 3.09. The number of hydrogen-bond acceptors (Lipinski definition) is 5. The van der Waals surface area contributed by atoms with Gasteiger partial charge in [-0.3, -0.25) is 4.79 Å². The predicted octanol–water partition coefficient (Wildman–Crippen LogP) is 6.02.